The number of aromatic nitrogens is 3. The van der Waals surface area contributed by atoms with Crippen LogP contribution in [0.5, 0.6) is 0 Å². The van der Waals surface area contributed by atoms with Crippen LogP contribution in [0.15, 0.2) is 64.6 Å². The quantitative estimate of drug-likeness (QED) is 0.411. The van der Waals surface area contributed by atoms with Gasteiger partial charge in [0.1, 0.15) is 5.69 Å². The maximum Gasteiger partial charge on any atom is 0.284 e. The van der Waals surface area contributed by atoms with Crippen LogP contribution in [0.2, 0.25) is 0 Å². The molecule has 3 rings (SSSR count). The van der Waals surface area contributed by atoms with Gasteiger partial charge in [-0.25, -0.2) is 0 Å². The van der Waals surface area contributed by atoms with E-state index in [9.17, 15) is 8.42 Å². The minimum Gasteiger partial charge on any atom is -0.199 e. The van der Waals surface area contributed by atoms with Crippen molar-refractivity contribution in [3.05, 3.63) is 70.6 Å². The summed E-state index contributed by atoms with van der Waals surface area (Å²) in [6.07, 6.45) is 0. The van der Waals surface area contributed by atoms with E-state index in [-0.39, 0.29) is 16.4 Å². The van der Waals surface area contributed by atoms with Crippen molar-refractivity contribution in [2.75, 3.05) is 0 Å². The largest absolute Gasteiger partial charge is 0.284 e. The zero-order valence-electron chi connectivity index (χ0n) is 12.6. The SMILES string of the molecule is Cc1ccc(S(=O)(=O)n2nnc(N=[N+]=[N-])c2-c2ccccc2)cc1. The molecule has 24 heavy (non-hydrogen) atoms. The van der Waals surface area contributed by atoms with Gasteiger partial charge in [0.2, 0.25) is 0 Å². The van der Waals surface area contributed by atoms with Crippen LogP contribution in [0.25, 0.3) is 21.7 Å². The van der Waals surface area contributed by atoms with Crippen LogP contribution >= 0.6 is 0 Å². The molecular formula is C15H12N6O2S. The molecule has 0 atom stereocenters. The average molecular weight is 340 g/mol. The molecule has 1 heterocycles. The Labute approximate surface area is 138 Å². The highest BCUT2D eigenvalue weighted by atomic mass is 32.2. The van der Waals surface area contributed by atoms with Crippen molar-refractivity contribution in [3.63, 3.8) is 0 Å². The summed E-state index contributed by atoms with van der Waals surface area (Å²) in [5.41, 5.74) is 10.3. The van der Waals surface area contributed by atoms with Crippen molar-refractivity contribution in [2.45, 2.75) is 11.8 Å². The third-order valence-electron chi connectivity index (χ3n) is 3.36. The third-order valence-corrected chi connectivity index (χ3v) is 4.94. The van der Waals surface area contributed by atoms with E-state index in [2.05, 4.69) is 20.3 Å². The Morgan fingerprint density at radius 3 is 2.38 bits per heavy atom. The molecule has 0 spiro atoms. The Morgan fingerprint density at radius 1 is 1.08 bits per heavy atom. The van der Waals surface area contributed by atoms with Gasteiger partial charge in [-0.05, 0) is 29.7 Å². The van der Waals surface area contributed by atoms with Crippen LogP contribution in [0.4, 0.5) is 5.82 Å². The predicted octanol–water partition coefficient (Wildman–Crippen LogP) is 3.43. The molecular weight excluding hydrogens is 328 g/mol. The third kappa shape index (κ3) is 2.73. The number of azide groups is 1. The summed E-state index contributed by atoms with van der Waals surface area (Å²) in [6, 6.07) is 15.0. The van der Waals surface area contributed by atoms with Gasteiger partial charge < -0.3 is 0 Å². The van der Waals surface area contributed by atoms with Gasteiger partial charge in [-0.1, -0.05) is 53.2 Å². The van der Waals surface area contributed by atoms with E-state index in [0.29, 0.717) is 5.56 Å². The summed E-state index contributed by atoms with van der Waals surface area (Å²) in [5.74, 6) is -0.0978. The Bertz CT molecular complexity index is 1020. The maximum atomic E-state index is 12.9. The summed E-state index contributed by atoms with van der Waals surface area (Å²) in [5, 5.41) is 10.8. The highest BCUT2D eigenvalue weighted by molar-refractivity contribution is 7.90. The van der Waals surface area contributed by atoms with Crippen LogP contribution in [-0.2, 0) is 10.0 Å². The molecule has 0 amide bonds. The van der Waals surface area contributed by atoms with E-state index >= 15 is 0 Å². The molecule has 0 aliphatic heterocycles. The van der Waals surface area contributed by atoms with Crippen LogP contribution in [-0.4, -0.2) is 22.8 Å². The van der Waals surface area contributed by atoms with Gasteiger partial charge in [-0.2, -0.15) is 8.42 Å². The molecule has 2 aromatic carbocycles. The highest BCUT2D eigenvalue weighted by Crippen LogP contribution is 2.30. The molecule has 120 valence electrons. The second-order valence-electron chi connectivity index (χ2n) is 4.98. The first-order chi connectivity index (χ1) is 11.5. The minimum atomic E-state index is -3.97. The second-order valence-corrected chi connectivity index (χ2v) is 6.75. The first-order valence-electron chi connectivity index (χ1n) is 6.92. The summed E-state index contributed by atoms with van der Waals surface area (Å²) >= 11 is 0. The zero-order chi connectivity index (χ0) is 17.2. The molecule has 1 aromatic heterocycles. The summed E-state index contributed by atoms with van der Waals surface area (Å²) in [7, 11) is -3.97. The van der Waals surface area contributed by atoms with Crippen LogP contribution in [0.1, 0.15) is 5.56 Å². The topological polar surface area (TPSA) is 114 Å². The molecule has 8 nitrogen and oxygen atoms in total. The van der Waals surface area contributed by atoms with Gasteiger partial charge in [0.15, 0.2) is 5.82 Å². The standard InChI is InChI=1S/C15H12N6O2S/c1-11-7-9-13(10-8-11)24(22,23)21-14(12-5-3-2-4-6-12)15(17-19-16)18-20-21/h2-10H,1H3. The van der Waals surface area contributed by atoms with E-state index in [1.54, 1.807) is 42.5 Å². The Balaban J connectivity index is 2.25. The molecule has 0 saturated carbocycles. The number of rotatable bonds is 4. The molecule has 3 aromatic rings. The first-order valence-corrected chi connectivity index (χ1v) is 8.36. The van der Waals surface area contributed by atoms with Crippen molar-refractivity contribution < 1.29 is 8.42 Å². The van der Waals surface area contributed by atoms with Crippen molar-refractivity contribution in [3.8, 4) is 11.3 Å². The normalized spacial score (nSPS) is 11.0. The molecule has 0 fully saturated rings. The number of benzene rings is 2. The summed E-state index contributed by atoms with van der Waals surface area (Å²) in [4.78, 5) is 2.76. The van der Waals surface area contributed by atoms with Gasteiger partial charge >= 0.3 is 0 Å². The van der Waals surface area contributed by atoms with Gasteiger partial charge in [-0.3, -0.25) is 0 Å². The fourth-order valence-corrected chi connectivity index (χ4v) is 3.42. The number of hydrogen-bond acceptors (Lipinski definition) is 5. The Hall–Kier alpha value is -3.16. The molecule has 0 N–H and O–H groups in total. The predicted molar refractivity (Wildman–Crippen MR) is 88.0 cm³/mol. The first kappa shape index (κ1) is 15.7. The molecule has 0 bridgehead atoms. The lowest BCUT2D eigenvalue weighted by molar-refractivity contribution is 0.578. The van der Waals surface area contributed by atoms with Crippen LogP contribution in [0, 0.1) is 6.92 Å². The highest BCUT2D eigenvalue weighted by Gasteiger charge is 2.25. The smallest absolute Gasteiger partial charge is 0.199 e. The van der Waals surface area contributed by atoms with E-state index < -0.39 is 10.0 Å². The molecule has 0 aliphatic rings. The summed E-state index contributed by atoms with van der Waals surface area (Å²) in [6.45, 7) is 1.86. The number of nitrogens with zero attached hydrogens (tertiary/aromatic N) is 6. The van der Waals surface area contributed by atoms with Crippen molar-refractivity contribution in [2.24, 2.45) is 5.11 Å². The summed E-state index contributed by atoms with van der Waals surface area (Å²) < 4.78 is 26.6. The Kier molecular flexibility index (Phi) is 4.03. The monoisotopic (exact) mass is 340 g/mol. The fraction of sp³-hybridized carbons (Fsp3) is 0.0667. The van der Waals surface area contributed by atoms with Gasteiger partial charge in [-0.15, -0.1) is 9.19 Å². The lowest BCUT2D eigenvalue weighted by atomic mass is 10.1. The van der Waals surface area contributed by atoms with E-state index in [1.165, 1.54) is 12.1 Å². The minimum absolute atomic E-state index is 0.0719. The van der Waals surface area contributed by atoms with Crippen LogP contribution < -0.4 is 0 Å². The van der Waals surface area contributed by atoms with Gasteiger partial charge in [0.05, 0.1) is 4.90 Å². The number of aryl methyl sites for hydroxylation is 1. The van der Waals surface area contributed by atoms with Crippen molar-refractivity contribution >= 4 is 15.8 Å². The molecule has 0 aliphatic carbocycles. The van der Waals surface area contributed by atoms with E-state index in [1.807, 2.05) is 6.92 Å². The zero-order valence-corrected chi connectivity index (χ0v) is 13.4. The Morgan fingerprint density at radius 2 is 1.75 bits per heavy atom. The van der Waals surface area contributed by atoms with Crippen LogP contribution in [0.3, 0.4) is 0 Å². The fourth-order valence-electron chi connectivity index (χ4n) is 2.18. The van der Waals surface area contributed by atoms with Gasteiger partial charge in [0.25, 0.3) is 10.0 Å². The second kappa shape index (κ2) is 6.15. The van der Waals surface area contributed by atoms with E-state index in [0.717, 1.165) is 9.65 Å². The maximum absolute atomic E-state index is 12.9. The van der Waals surface area contributed by atoms with Crippen molar-refractivity contribution in [1.29, 1.82) is 0 Å². The van der Waals surface area contributed by atoms with Gasteiger partial charge in [0, 0.05) is 10.5 Å². The number of hydrogen-bond donors (Lipinski definition) is 0. The molecule has 0 saturated heterocycles. The lowest BCUT2D eigenvalue weighted by Crippen LogP contribution is -2.16. The van der Waals surface area contributed by atoms with E-state index in [4.69, 9.17) is 5.53 Å². The molecule has 9 heteroatoms. The molecule has 0 radical (unpaired) electrons. The molecule has 0 unspecified atom stereocenters. The van der Waals surface area contributed by atoms with Crippen molar-refractivity contribution in [1.82, 2.24) is 14.4 Å². The lowest BCUT2D eigenvalue weighted by Gasteiger charge is -2.08. The average Bonchev–Trinajstić information content (AvgIpc) is 3.01.